The minimum atomic E-state index is 0.453. The van der Waals surface area contributed by atoms with Crippen molar-refractivity contribution in [3.05, 3.63) is 11.9 Å². The molecule has 0 aliphatic rings. The van der Waals surface area contributed by atoms with Gasteiger partial charge >= 0.3 is 0 Å². The van der Waals surface area contributed by atoms with Gasteiger partial charge in [-0.05, 0) is 0 Å². The first-order valence-corrected chi connectivity index (χ1v) is 3.43. The van der Waals surface area contributed by atoms with Gasteiger partial charge in [0.05, 0.1) is 7.11 Å². The number of nitrogen functional groups attached to an aromatic ring is 1. The zero-order valence-corrected chi connectivity index (χ0v) is 6.66. The van der Waals surface area contributed by atoms with Crippen molar-refractivity contribution in [1.82, 2.24) is 9.97 Å². The molecule has 1 rings (SSSR count). The molecule has 0 aliphatic heterocycles. The van der Waals surface area contributed by atoms with Crippen LogP contribution in [0.2, 0.25) is 0 Å². The van der Waals surface area contributed by atoms with Gasteiger partial charge in [0.1, 0.15) is 11.6 Å². The number of anilines is 1. The maximum absolute atomic E-state index is 5.48. The summed E-state index contributed by atoms with van der Waals surface area (Å²) in [5.41, 5.74) is 5.48. The molecule has 2 N–H and O–H groups in total. The first kappa shape index (κ1) is 7.78. The molecule has 11 heavy (non-hydrogen) atoms. The summed E-state index contributed by atoms with van der Waals surface area (Å²) >= 11 is 0. The lowest BCUT2D eigenvalue weighted by molar-refractivity contribution is 0.395. The number of aromatic nitrogens is 2. The maximum atomic E-state index is 5.48. The summed E-state index contributed by atoms with van der Waals surface area (Å²) in [5, 5.41) is 0. The fourth-order valence-electron chi connectivity index (χ4n) is 0.755. The quantitative estimate of drug-likeness (QED) is 0.677. The van der Waals surface area contributed by atoms with Crippen molar-refractivity contribution < 1.29 is 4.74 Å². The molecular weight excluding hydrogens is 142 g/mol. The Bertz CT molecular complexity index is 227. The minimum absolute atomic E-state index is 0.453. The van der Waals surface area contributed by atoms with E-state index in [1.807, 2.05) is 6.92 Å². The molecule has 60 valence electrons. The molecule has 0 saturated carbocycles. The summed E-state index contributed by atoms with van der Waals surface area (Å²) in [5.74, 6) is 1.69. The molecule has 4 nitrogen and oxygen atoms in total. The molecule has 0 aliphatic carbocycles. The van der Waals surface area contributed by atoms with Gasteiger partial charge in [0, 0.05) is 12.5 Å². The van der Waals surface area contributed by atoms with Crippen LogP contribution >= 0.6 is 0 Å². The van der Waals surface area contributed by atoms with Crippen LogP contribution in [0.3, 0.4) is 0 Å². The molecule has 1 aromatic heterocycles. The van der Waals surface area contributed by atoms with Gasteiger partial charge in [-0.15, -0.1) is 0 Å². The number of hydrogen-bond acceptors (Lipinski definition) is 4. The van der Waals surface area contributed by atoms with Crippen LogP contribution in [0.1, 0.15) is 12.7 Å². The standard InChI is InChI=1S/C7H11N3O/c1-3-6-9-5(8)4-7(10-6)11-2/h4H,3H2,1-2H3,(H2,8,9,10). The van der Waals surface area contributed by atoms with E-state index in [9.17, 15) is 0 Å². The molecule has 0 amide bonds. The third-order valence-electron chi connectivity index (χ3n) is 1.29. The Labute approximate surface area is 65.4 Å². The summed E-state index contributed by atoms with van der Waals surface area (Å²) in [4.78, 5) is 8.04. The van der Waals surface area contributed by atoms with Crippen molar-refractivity contribution in [2.24, 2.45) is 0 Å². The molecule has 4 heteroatoms. The zero-order valence-electron chi connectivity index (χ0n) is 6.66. The van der Waals surface area contributed by atoms with Gasteiger partial charge in [0.2, 0.25) is 5.88 Å². The van der Waals surface area contributed by atoms with Crippen LogP contribution in [-0.2, 0) is 6.42 Å². The van der Waals surface area contributed by atoms with Crippen molar-refractivity contribution in [2.45, 2.75) is 13.3 Å². The number of nitrogens with zero attached hydrogens (tertiary/aromatic N) is 2. The molecule has 1 heterocycles. The Morgan fingerprint density at radius 1 is 1.55 bits per heavy atom. The topological polar surface area (TPSA) is 61.0 Å². The maximum Gasteiger partial charge on any atom is 0.218 e. The van der Waals surface area contributed by atoms with Crippen LogP contribution in [-0.4, -0.2) is 17.1 Å². The van der Waals surface area contributed by atoms with Crippen LogP contribution in [0.25, 0.3) is 0 Å². The first-order valence-electron chi connectivity index (χ1n) is 3.43. The predicted octanol–water partition coefficient (Wildman–Crippen LogP) is 0.630. The molecule has 0 radical (unpaired) electrons. The highest BCUT2D eigenvalue weighted by atomic mass is 16.5. The van der Waals surface area contributed by atoms with Gasteiger partial charge in [0.25, 0.3) is 0 Å². The van der Waals surface area contributed by atoms with E-state index >= 15 is 0 Å². The summed E-state index contributed by atoms with van der Waals surface area (Å²) < 4.78 is 4.91. The Kier molecular flexibility index (Phi) is 2.25. The molecule has 0 bridgehead atoms. The Morgan fingerprint density at radius 3 is 2.82 bits per heavy atom. The predicted molar refractivity (Wildman–Crippen MR) is 42.4 cm³/mol. The zero-order chi connectivity index (χ0) is 8.27. The van der Waals surface area contributed by atoms with Gasteiger partial charge in [0.15, 0.2) is 0 Å². The number of methoxy groups -OCH3 is 1. The monoisotopic (exact) mass is 153 g/mol. The molecule has 0 spiro atoms. The summed E-state index contributed by atoms with van der Waals surface area (Å²) in [6, 6.07) is 1.60. The van der Waals surface area contributed by atoms with Crippen molar-refractivity contribution in [2.75, 3.05) is 12.8 Å². The average Bonchev–Trinajstić information content (AvgIpc) is 2.03. The van der Waals surface area contributed by atoms with E-state index in [0.717, 1.165) is 6.42 Å². The number of rotatable bonds is 2. The van der Waals surface area contributed by atoms with Crippen LogP contribution in [0.4, 0.5) is 5.82 Å². The van der Waals surface area contributed by atoms with Gasteiger partial charge in [-0.1, -0.05) is 6.92 Å². The van der Waals surface area contributed by atoms with E-state index in [0.29, 0.717) is 17.5 Å². The third kappa shape index (κ3) is 1.80. The second-order valence-electron chi connectivity index (χ2n) is 2.10. The molecule has 0 unspecified atom stereocenters. The van der Waals surface area contributed by atoms with Crippen LogP contribution in [0.15, 0.2) is 6.07 Å². The van der Waals surface area contributed by atoms with Crippen LogP contribution in [0, 0.1) is 0 Å². The van der Waals surface area contributed by atoms with Crippen molar-refractivity contribution >= 4 is 5.82 Å². The Hall–Kier alpha value is -1.32. The second kappa shape index (κ2) is 3.18. The van der Waals surface area contributed by atoms with E-state index in [2.05, 4.69) is 9.97 Å². The fourth-order valence-corrected chi connectivity index (χ4v) is 0.755. The smallest absolute Gasteiger partial charge is 0.218 e. The van der Waals surface area contributed by atoms with E-state index < -0.39 is 0 Å². The summed E-state index contributed by atoms with van der Waals surface area (Å²) in [6.07, 6.45) is 0.765. The van der Waals surface area contributed by atoms with E-state index in [1.54, 1.807) is 13.2 Å². The minimum Gasteiger partial charge on any atom is -0.481 e. The van der Waals surface area contributed by atoms with E-state index in [-0.39, 0.29) is 0 Å². The lowest BCUT2D eigenvalue weighted by Gasteiger charge is -2.01. The third-order valence-corrected chi connectivity index (χ3v) is 1.29. The van der Waals surface area contributed by atoms with Crippen LogP contribution in [0.5, 0.6) is 5.88 Å². The van der Waals surface area contributed by atoms with E-state index in [1.165, 1.54) is 0 Å². The summed E-state index contributed by atoms with van der Waals surface area (Å²) in [7, 11) is 1.56. The lowest BCUT2D eigenvalue weighted by atomic mass is 10.4. The average molecular weight is 153 g/mol. The second-order valence-corrected chi connectivity index (χ2v) is 2.10. The highest BCUT2D eigenvalue weighted by molar-refractivity contribution is 5.32. The van der Waals surface area contributed by atoms with Crippen molar-refractivity contribution in [3.8, 4) is 5.88 Å². The molecule has 0 aromatic carbocycles. The largest absolute Gasteiger partial charge is 0.481 e. The summed E-state index contributed by atoms with van der Waals surface area (Å²) in [6.45, 7) is 1.97. The number of nitrogens with two attached hydrogens (primary N) is 1. The van der Waals surface area contributed by atoms with Gasteiger partial charge in [-0.2, -0.15) is 4.98 Å². The van der Waals surface area contributed by atoms with Gasteiger partial charge in [-0.25, -0.2) is 4.98 Å². The normalized spacial score (nSPS) is 9.64. The lowest BCUT2D eigenvalue weighted by Crippen LogP contribution is -2.00. The highest BCUT2D eigenvalue weighted by Gasteiger charge is 1.99. The number of aryl methyl sites for hydroxylation is 1. The van der Waals surface area contributed by atoms with Gasteiger partial charge in [-0.3, -0.25) is 0 Å². The first-order chi connectivity index (χ1) is 5.26. The van der Waals surface area contributed by atoms with Crippen molar-refractivity contribution in [3.63, 3.8) is 0 Å². The molecule has 0 saturated heterocycles. The Balaban J connectivity index is 3.02. The van der Waals surface area contributed by atoms with Crippen molar-refractivity contribution in [1.29, 1.82) is 0 Å². The Morgan fingerprint density at radius 2 is 2.27 bits per heavy atom. The number of ether oxygens (including phenoxy) is 1. The number of hydrogen-bond donors (Lipinski definition) is 1. The van der Waals surface area contributed by atoms with Crippen LogP contribution < -0.4 is 10.5 Å². The fraction of sp³-hybridized carbons (Fsp3) is 0.429. The molecular formula is C7H11N3O. The van der Waals surface area contributed by atoms with E-state index in [4.69, 9.17) is 10.5 Å². The molecule has 0 fully saturated rings. The SMILES string of the molecule is CCc1nc(N)cc(OC)n1. The van der Waals surface area contributed by atoms with Gasteiger partial charge < -0.3 is 10.5 Å². The molecule has 1 aromatic rings. The highest BCUT2D eigenvalue weighted by Crippen LogP contribution is 2.09. The molecule has 0 atom stereocenters.